The van der Waals surface area contributed by atoms with E-state index in [0.717, 1.165) is 9.21 Å². The van der Waals surface area contributed by atoms with Gasteiger partial charge in [0.1, 0.15) is 6.04 Å². The Kier molecular flexibility index (Phi) is 6.80. The summed E-state index contributed by atoms with van der Waals surface area (Å²) in [6.07, 6.45) is -0.397. The van der Waals surface area contributed by atoms with Gasteiger partial charge in [-0.2, -0.15) is 4.31 Å². The number of imide groups is 1. The molecule has 0 spiro atoms. The Labute approximate surface area is 207 Å². The van der Waals surface area contributed by atoms with Crippen LogP contribution in [0, 0.1) is 0 Å². The molecule has 1 aliphatic rings. The average Bonchev–Trinajstić information content (AvgIpc) is 3.11. The number of sulfonamides is 2. The van der Waals surface area contributed by atoms with E-state index in [0.29, 0.717) is 10.6 Å². The molecule has 2 amide bonds. The predicted molar refractivity (Wildman–Crippen MR) is 129 cm³/mol. The van der Waals surface area contributed by atoms with Crippen molar-refractivity contribution >= 4 is 49.1 Å². The molecule has 0 aliphatic carbocycles. The normalized spacial score (nSPS) is 16.8. The van der Waals surface area contributed by atoms with E-state index in [1.165, 1.54) is 36.4 Å². The van der Waals surface area contributed by atoms with Crippen molar-refractivity contribution in [3.63, 3.8) is 0 Å². The van der Waals surface area contributed by atoms with Gasteiger partial charge in [-0.25, -0.2) is 26.9 Å². The van der Waals surface area contributed by atoms with Gasteiger partial charge in [0.05, 0.1) is 21.9 Å². The fourth-order valence-electron chi connectivity index (χ4n) is 3.78. The Bertz CT molecular complexity index is 1490. The lowest BCUT2D eigenvalue weighted by atomic mass is 10.2. The maximum absolute atomic E-state index is 13.6. The predicted octanol–water partition coefficient (Wildman–Crippen LogP) is 2.51. The minimum Gasteiger partial charge on any atom is -0.274 e. The lowest BCUT2D eigenvalue weighted by molar-refractivity contribution is -0.122. The van der Waals surface area contributed by atoms with E-state index in [9.17, 15) is 26.4 Å². The molecule has 1 atom stereocenters. The second-order valence-corrected chi connectivity index (χ2v) is 11.6. The van der Waals surface area contributed by atoms with Crippen LogP contribution < -0.4 is 10.0 Å². The molecule has 35 heavy (non-hydrogen) atoms. The van der Waals surface area contributed by atoms with Crippen molar-refractivity contribution in [3.05, 3.63) is 89.4 Å². The molecule has 1 fully saturated rings. The van der Waals surface area contributed by atoms with Crippen molar-refractivity contribution in [2.75, 3.05) is 4.90 Å². The summed E-state index contributed by atoms with van der Waals surface area (Å²) in [5.41, 5.74) is 0.564. The van der Waals surface area contributed by atoms with Crippen LogP contribution >= 0.6 is 11.6 Å². The first-order valence-electron chi connectivity index (χ1n) is 10.3. The summed E-state index contributed by atoms with van der Waals surface area (Å²) in [6.45, 7) is -0.237. The van der Waals surface area contributed by atoms with Gasteiger partial charge in [-0.3, -0.25) is 9.59 Å². The zero-order valence-electron chi connectivity index (χ0n) is 18.1. The van der Waals surface area contributed by atoms with E-state index < -0.39 is 44.3 Å². The third-order valence-electron chi connectivity index (χ3n) is 5.53. The number of primary sulfonamides is 1. The van der Waals surface area contributed by atoms with Crippen molar-refractivity contribution in [2.24, 2.45) is 5.14 Å². The molecule has 1 saturated heterocycles. The summed E-state index contributed by atoms with van der Waals surface area (Å²) >= 11 is 6.27. The van der Waals surface area contributed by atoms with Gasteiger partial charge in [-0.15, -0.1) is 0 Å². The van der Waals surface area contributed by atoms with Gasteiger partial charge in [0.25, 0.3) is 5.91 Å². The number of carbonyl (C=O) groups is 2. The van der Waals surface area contributed by atoms with Crippen molar-refractivity contribution in [1.29, 1.82) is 0 Å². The molecule has 2 N–H and O–H groups in total. The molecule has 0 radical (unpaired) electrons. The summed E-state index contributed by atoms with van der Waals surface area (Å²) < 4.78 is 51.2. The first-order chi connectivity index (χ1) is 16.5. The van der Waals surface area contributed by atoms with Gasteiger partial charge in [0.15, 0.2) is 0 Å². The molecular weight excluding hydrogens is 514 g/mol. The molecule has 0 bridgehead atoms. The Morgan fingerprint density at radius 2 is 1.46 bits per heavy atom. The topological polar surface area (TPSA) is 135 Å². The van der Waals surface area contributed by atoms with E-state index >= 15 is 0 Å². The summed E-state index contributed by atoms with van der Waals surface area (Å²) in [7, 11) is -8.18. The molecule has 12 heteroatoms. The molecule has 0 saturated carbocycles. The monoisotopic (exact) mass is 533 g/mol. The van der Waals surface area contributed by atoms with Crippen LogP contribution in [0.2, 0.25) is 5.02 Å². The minimum absolute atomic E-state index is 0.0387. The molecule has 0 aromatic heterocycles. The SMILES string of the molecule is NS(=O)(=O)c1ccc(N2C(=O)CC(N(Cc3ccccc3Cl)S(=O)(=O)c3ccccc3)C2=O)cc1. The molecule has 182 valence electrons. The van der Waals surface area contributed by atoms with Gasteiger partial charge < -0.3 is 0 Å². The second-order valence-electron chi connectivity index (χ2n) is 7.78. The number of amides is 2. The molecule has 4 rings (SSSR count). The van der Waals surface area contributed by atoms with Crippen LogP contribution in [0.3, 0.4) is 0 Å². The first-order valence-corrected chi connectivity index (χ1v) is 13.7. The highest BCUT2D eigenvalue weighted by atomic mass is 35.5. The van der Waals surface area contributed by atoms with Crippen LogP contribution in [0.25, 0.3) is 0 Å². The molecule has 9 nitrogen and oxygen atoms in total. The lowest BCUT2D eigenvalue weighted by Gasteiger charge is -2.27. The Hall–Kier alpha value is -3.09. The number of nitrogens with two attached hydrogens (primary N) is 1. The van der Waals surface area contributed by atoms with E-state index in [-0.39, 0.29) is 22.0 Å². The quantitative estimate of drug-likeness (QED) is 0.464. The fourth-order valence-corrected chi connectivity index (χ4v) is 6.07. The molecular formula is C23H20ClN3O6S2. The summed E-state index contributed by atoms with van der Waals surface area (Å²) in [5.74, 6) is -1.39. The zero-order valence-corrected chi connectivity index (χ0v) is 20.5. The number of hydrogen-bond donors (Lipinski definition) is 1. The van der Waals surface area contributed by atoms with Crippen LogP contribution in [0.1, 0.15) is 12.0 Å². The number of benzene rings is 3. The number of halogens is 1. The van der Waals surface area contributed by atoms with E-state index in [1.54, 1.807) is 42.5 Å². The highest BCUT2D eigenvalue weighted by molar-refractivity contribution is 7.89. The highest BCUT2D eigenvalue weighted by Gasteiger charge is 2.47. The van der Waals surface area contributed by atoms with E-state index in [1.807, 2.05) is 0 Å². The zero-order chi connectivity index (χ0) is 25.4. The molecule has 1 unspecified atom stereocenters. The van der Waals surface area contributed by atoms with Crippen molar-refractivity contribution in [1.82, 2.24) is 4.31 Å². The van der Waals surface area contributed by atoms with Crippen LogP contribution in [0.5, 0.6) is 0 Å². The average molecular weight is 534 g/mol. The van der Waals surface area contributed by atoms with E-state index in [2.05, 4.69) is 0 Å². The van der Waals surface area contributed by atoms with Gasteiger partial charge in [0.2, 0.25) is 26.0 Å². The number of carbonyl (C=O) groups excluding carboxylic acids is 2. The van der Waals surface area contributed by atoms with Crippen LogP contribution in [-0.2, 0) is 36.2 Å². The number of rotatable bonds is 7. The summed E-state index contributed by atoms with van der Waals surface area (Å²) in [6, 6.07) is 17.7. The third-order valence-corrected chi connectivity index (χ3v) is 8.69. The lowest BCUT2D eigenvalue weighted by Crippen LogP contribution is -2.45. The number of hydrogen-bond acceptors (Lipinski definition) is 6. The van der Waals surface area contributed by atoms with Gasteiger partial charge in [0, 0.05) is 11.6 Å². The van der Waals surface area contributed by atoms with Gasteiger partial charge >= 0.3 is 0 Å². The molecule has 3 aromatic rings. The van der Waals surface area contributed by atoms with Crippen molar-refractivity contribution < 1.29 is 26.4 Å². The third kappa shape index (κ3) is 5.00. The molecule has 1 heterocycles. The molecule has 3 aromatic carbocycles. The van der Waals surface area contributed by atoms with Crippen LogP contribution in [0.15, 0.2) is 88.7 Å². The van der Waals surface area contributed by atoms with Gasteiger partial charge in [-0.05, 0) is 48.0 Å². The maximum atomic E-state index is 13.6. The first kappa shape index (κ1) is 25.0. The standard InChI is InChI=1S/C23H20ClN3O6S2/c24-20-9-5-4-6-16(20)15-26(35(32,33)19-7-2-1-3-8-19)21-14-22(28)27(23(21)29)17-10-12-18(13-11-17)34(25,30)31/h1-13,21H,14-15H2,(H2,25,30,31). The van der Waals surface area contributed by atoms with Gasteiger partial charge in [-0.1, -0.05) is 48.0 Å². The molecule has 1 aliphatic heterocycles. The van der Waals surface area contributed by atoms with Crippen molar-refractivity contribution in [2.45, 2.75) is 28.8 Å². The summed E-state index contributed by atoms with van der Waals surface area (Å²) in [5, 5.41) is 5.42. The smallest absolute Gasteiger partial charge is 0.252 e. The van der Waals surface area contributed by atoms with Crippen LogP contribution in [0.4, 0.5) is 5.69 Å². The Balaban J connectivity index is 1.74. The number of nitrogens with zero attached hydrogens (tertiary/aromatic N) is 2. The van der Waals surface area contributed by atoms with Crippen molar-refractivity contribution in [3.8, 4) is 0 Å². The maximum Gasteiger partial charge on any atom is 0.252 e. The minimum atomic E-state index is -4.21. The second kappa shape index (κ2) is 9.51. The Morgan fingerprint density at radius 1 is 0.857 bits per heavy atom. The largest absolute Gasteiger partial charge is 0.274 e. The van der Waals surface area contributed by atoms with Crippen LogP contribution in [-0.4, -0.2) is 39.0 Å². The fraction of sp³-hybridized carbons (Fsp3) is 0.130. The number of anilines is 1. The summed E-state index contributed by atoms with van der Waals surface area (Å²) in [4.78, 5) is 26.9. The highest BCUT2D eigenvalue weighted by Crippen LogP contribution is 2.32. The van der Waals surface area contributed by atoms with E-state index in [4.69, 9.17) is 16.7 Å². The Morgan fingerprint density at radius 3 is 2.06 bits per heavy atom.